The van der Waals surface area contributed by atoms with Crippen LogP contribution in [0.4, 0.5) is 0 Å². The van der Waals surface area contributed by atoms with Crippen molar-refractivity contribution in [3.63, 3.8) is 0 Å². The van der Waals surface area contributed by atoms with Gasteiger partial charge in [-0.3, -0.25) is 4.57 Å². The van der Waals surface area contributed by atoms with Crippen LogP contribution in [0.5, 0.6) is 0 Å². The van der Waals surface area contributed by atoms with Gasteiger partial charge in [0.1, 0.15) is 0 Å². The smallest absolute Gasteiger partial charge is 0.210 e. The van der Waals surface area contributed by atoms with Crippen molar-refractivity contribution in [2.75, 3.05) is 0 Å². The molecule has 0 radical (unpaired) electrons. The molecule has 1 aromatic heterocycles. The minimum Gasteiger partial charge on any atom is -0.507 e. The second kappa shape index (κ2) is 8.86. The molecule has 0 bridgehead atoms. The number of rotatable bonds is 6. The van der Waals surface area contributed by atoms with Crippen molar-refractivity contribution in [2.24, 2.45) is 0 Å². The maximum Gasteiger partial charge on any atom is 0.210 e. The highest BCUT2D eigenvalue weighted by molar-refractivity contribution is 6.01. The Kier molecular flexibility index (Phi) is 5.46. The molecule has 32 heavy (non-hydrogen) atoms. The van der Waals surface area contributed by atoms with Crippen molar-refractivity contribution in [2.45, 2.75) is 6.67 Å². The van der Waals surface area contributed by atoms with Gasteiger partial charge in [0.05, 0.1) is 11.4 Å². The molecule has 0 spiro atoms. The van der Waals surface area contributed by atoms with Gasteiger partial charge in [-0.1, -0.05) is 121 Å². The molecule has 0 atom stereocenters. The van der Waals surface area contributed by atoms with Gasteiger partial charge in [-0.15, -0.1) is 0 Å². The van der Waals surface area contributed by atoms with Gasteiger partial charge in [-0.2, -0.15) is 0 Å². The van der Waals surface area contributed by atoms with Crippen LogP contribution in [-0.4, -0.2) is 4.57 Å². The molecule has 0 unspecified atom stereocenters. The summed E-state index contributed by atoms with van der Waals surface area (Å²) >= 11 is 0. The average molecular weight is 414 g/mol. The first-order valence-electron chi connectivity index (χ1n) is 10.7. The zero-order valence-corrected chi connectivity index (χ0v) is 17.6. The highest BCUT2D eigenvalue weighted by Crippen LogP contribution is 2.47. The molecule has 0 aliphatic carbocycles. The molecule has 3 heteroatoms. The molecule has 1 N–H and O–H groups in total. The lowest BCUT2D eigenvalue weighted by Crippen LogP contribution is -2.62. The molecular weight excluding hydrogens is 390 g/mol. The molecule has 1 heterocycles. The van der Waals surface area contributed by atoms with Crippen LogP contribution < -0.4 is 5.11 Å². The van der Waals surface area contributed by atoms with Gasteiger partial charge in [0.15, 0.2) is 0 Å². The van der Waals surface area contributed by atoms with Crippen LogP contribution in [0.2, 0.25) is 0 Å². The first kappa shape index (κ1) is 19.7. The molecule has 154 valence electrons. The number of aromatic nitrogens is 1. The fourth-order valence-electron chi connectivity index (χ4n) is 4.41. The normalized spacial score (nSPS) is 10.8. The van der Waals surface area contributed by atoms with Crippen LogP contribution >= 0.6 is 0 Å². The van der Waals surface area contributed by atoms with Gasteiger partial charge in [-0.25, -0.2) is 0 Å². The molecule has 0 aliphatic rings. The minimum atomic E-state index is 0.265. The van der Waals surface area contributed by atoms with E-state index in [1.54, 1.807) is 0 Å². The SMILES string of the molecule is [N-]=[NH+]Cn1c(-c2ccccc2)c(-c2ccccc2)c(-c2ccccc2)c1-c1ccccc1. The molecule has 0 aliphatic heterocycles. The first-order chi connectivity index (χ1) is 15.9. The second-order valence-electron chi connectivity index (χ2n) is 7.66. The van der Waals surface area contributed by atoms with Crippen molar-refractivity contribution >= 4 is 0 Å². The molecular formula is C29H23N3. The highest BCUT2D eigenvalue weighted by Gasteiger charge is 2.27. The molecule has 4 aromatic carbocycles. The van der Waals surface area contributed by atoms with Crippen LogP contribution in [0.15, 0.2) is 121 Å². The third-order valence-electron chi connectivity index (χ3n) is 5.71. The summed E-state index contributed by atoms with van der Waals surface area (Å²) in [5.74, 6) is 0. The van der Waals surface area contributed by atoms with E-state index in [1.807, 2.05) is 24.3 Å². The molecule has 5 aromatic rings. The van der Waals surface area contributed by atoms with Gasteiger partial charge in [0, 0.05) is 11.1 Å². The van der Waals surface area contributed by atoms with Gasteiger partial charge < -0.3 is 10.6 Å². The molecule has 0 fully saturated rings. The Morgan fingerprint density at radius 1 is 0.469 bits per heavy atom. The first-order valence-corrected chi connectivity index (χ1v) is 10.7. The second-order valence-corrected chi connectivity index (χ2v) is 7.66. The van der Waals surface area contributed by atoms with E-state index >= 15 is 0 Å². The maximum atomic E-state index is 9.83. The highest BCUT2D eigenvalue weighted by atomic mass is 15.2. The number of hydrogen-bond acceptors (Lipinski definition) is 0. The Morgan fingerprint density at radius 3 is 1.09 bits per heavy atom. The van der Waals surface area contributed by atoms with Gasteiger partial charge in [0.2, 0.25) is 6.67 Å². The fourth-order valence-corrected chi connectivity index (χ4v) is 4.41. The van der Waals surface area contributed by atoms with Crippen LogP contribution in [0, 0.1) is 0 Å². The van der Waals surface area contributed by atoms with Crippen molar-refractivity contribution in [3.05, 3.63) is 127 Å². The Labute approximate surface area is 188 Å². The zero-order chi connectivity index (χ0) is 21.8. The summed E-state index contributed by atoms with van der Waals surface area (Å²) in [7, 11) is 0. The van der Waals surface area contributed by atoms with E-state index in [0.29, 0.717) is 0 Å². The quantitative estimate of drug-likeness (QED) is 0.321. The Hall–Kier alpha value is -4.24. The van der Waals surface area contributed by atoms with Gasteiger partial charge in [-0.05, 0) is 22.3 Å². The number of nitrogens with one attached hydrogen (secondary N) is 1. The van der Waals surface area contributed by atoms with E-state index in [0.717, 1.165) is 44.8 Å². The number of nitrogens with zero attached hydrogens (tertiary/aromatic N) is 2. The van der Waals surface area contributed by atoms with Crippen LogP contribution in [0.3, 0.4) is 0 Å². The summed E-state index contributed by atoms with van der Waals surface area (Å²) in [6.45, 7) is 0.265. The predicted molar refractivity (Wildman–Crippen MR) is 130 cm³/mol. The fraction of sp³-hybridized carbons (Fsp3) is 0.0345. The standard InChI is InChI=1S/C29H23N3/c30-31-21-32-28(24-17-9-3-10-18-24)26(22-13-5-1-6-14-22)27(23-15-7-2-8-16-23)29(32)25-19-11-4-12-20-25/h1-20,31H,21H2. The predicted octanol–water partition coefficient (Wildman–Crippen LogP) is 6.22. The zero-order valence-electron chi connectivity index (χ0n) is 17.6. The van der Waals surface area contributed by atoms with Gasteiger partial charge >= 0.3 is 0 Å². The van der Waals surface area contributed by atoms with Crippen LogP contribution in [-0.2, 0) is 6.67 Å². The third-order valence-corrected chi connectivity index (χ3v) is 5.71. The molecule has 0 saturated heterocycles. The lowest BCUT2D eigenvalue weighted by atomic mass is 9.91. The van der Waals surface area contributed by atoms with Crippen molar-refractivity contribution in [1.29, 1.82) is 0 Å². The topological polar surface area (TPSA) is 41.2 Å². The molecule has 3 nitrogen and oxygen atoms in total. The summed E-state index contributed by atoms with van der Waals surface area (Å²) < 4.78 is 2.18. The molecule has 5 rings (SSSR count). The number of hydrogen-bond donors (Lipinski definition) is 1. The van der Waals surface area contributed by atoms with E-state index in [1.165, 1.54) is 0 Å². The van der Waals surface area contributed by atoms with E-state index in [4.69, 9.17) is 0 Å². The van der Waals surface area contributed by atoms with Crippen molar-refractivity contribution in [3.8, 4) is 44.8 Å². The summed E-state index contributed by atoms with van der Waals surface area (Å²) in [4.78, 5) is 0. The lowest BCUT2D eigenvalue weighted by Gasteiger charge is -2.11. The van der Waals surface area contributed by atoms with E-state index < -0.39 is 0 Å². The van der Waals surface area contributed by atoms with E-state index in [2.05, 4.69) is 107 Å². The summed E-state index contributed by atoms with van der Waals surface area (Å²) in [6, 6.07) is 41.7. The third kappa shape index (κ3) is 3.54. The van der Waals surface area contributed by atoms with Crippen molar-refractivity contribution in [1.82, 2.24) is 4.57 Å². The monoisotopic (exact) mass is 413 g/mol. The van der Waals surface area contributed by atoms with E-state index in [-0.39, 0.29) is 6.67 Å². The lowest BCUT2D eigenvalue weighted by molar-refractivity contribution is -0.516. The average Bonchev–Trinajstić information content (AvgIpc) is 3.21. The number of benzene rings is 4. The summed E-state index contributed by atoms with van der Waals surface area (Å²) in [6.07, 6.45) is 0. The Bertz CT molecular complexity index is 1220. The summed E-state index contributed by atoms with van der Waals surface area (Å²) in [5, 5.41) is 2.41. The van der Waals surface area contributed by atoms with E-state index in [9.17, 15) is 5.53 Å². The minimum absolute atomic E-state index is 0.265. The van der Waals surface area contributed by atoms with Crippen molar-refractivity contribution < 1.29 is 5.11 Å². The Morgan fingerprint density at radius 2 is 0.781 bits per heavy atom. The maximum absolute atomic E-state index is 9.83. The molecule has 0 saturated carbocycles. The Balaban J connectivity index is 1.98. The molecule has 0 amide bonds. The van der Waals surface area contributed by atoms with Gasteiger partial charge in [0.25, 0.3) is 0 Å². The van der Waals surface area contributed by atoms with Crippen LogP contribution in [0.25, 0.3) is 50.3 Å². The summed E-state index contributed by atoms with van der Waals surface area (Å²) in [5.41, 5.74) is 18.7. The largest absolute Gasteiger partial charge is 0.507 e. The van der Waals surface area contributed by atoms with Crippen LogP contribution in [0.1, 0.15) is 0 Å².